The minimum absolute atomic E-state index is 0.0257. The van der Waals surface area contributed by atoms with Crippen molar-refractivity contribution in [2.75, 3.05) is 14.2 Å². The van der Waals surface area contributed by atoms with Gasteiger partial charge in [0.2, 0.25) is 0 Å². The molecule has 0 heterocycles. The number of hydrogen-bond acceptors (Lipinski definition) is 4. The molecule has 0 N–H and O–H groups in total. The van der Waals surface area contributed by atoms with E-state index in [1.54, 1.807) is 25.3 Å². The van der Waals surface area contributed by atoms with Crippen molar-refractivity contribution in [1.29, 1.82) is 10.5 Å². The van der Waals surface area contributed by atoms with Crippen molar-refractivity contribution in [3.8, 4) is 23.6 Å². The van der Waals surface area contributed by atoms with Gasteiger partial charge in [-0.1, -0.05) is 42.5 Å². The summed E-state index contributed by atoms with van der Waals surface area (Å²) in [6.07, 6.45) is 0. The van der Waals surface area contributed by atoms with Gasteiger partial charge in [-0.3, -0.25) is 0 Å². The SMILES string of the molecule is COc1cccc(C(=C(C#N)C#N)c2ccccc2)c1OC. The molecule has 0 aliphatic heterocycles. The molecule has 2 aromatic carbocycles. The predicted molar refractivity (Wildman–Crippen MR) is 83.2 cm³/mol. The summed E-state index contributed by atoms with van der Waals surface area (Å²) >= 11 is 0. The van der Waals surface area contributed by atoms with E-state index in [1.165, 1.54) is 7.11 Å². The topological polar surface area (TPSA) is 66.0 Å². The number of ether oxygens (including phenoxy) is 2. The summed E-state index contributed by atoms with van der Waals surface area (Å²) in [6.45, 7) is 0. The first-order valence-corrected chi connectivity index (χ1v) is 6.58. The Bertz CT molecular complexity index is 765. The third-order valence-corrected chi connectivity index (χ3v) is 3.21. The van der Waals surface area contributed by atoms with Crippen molar-refractivity contribution in [1.82, 2.24) is 0 Å². The Morgan fingerprint density at radius 1 is 0.864 bits per heavy atom. The van der Waals surface area contributed by atoms with Gasteiger partial charge in [-0.2, -0.15) is 10.5 Å². The lowest BCUT2D eigenvalue weighted by molar-refractivity contribution is 0.354. The average molecular weight is 290 g/mol. The van der Waals surface area contributed by atoms with Gasteiger partial charge in [0.25, 0.3) is 0 Å². The van der Waals surface area contributed by atoms with Gasteiger partial charge in [-0.05, 0) is 11.6 Å². The minimum atomic E-state index is 0.0257. The summed E-state index contributed by atoms with van der Waals surface area (Å²) in [4.78, 5) is 0. The highest BCUT2D eigenvalue weighted by atomic mass is 16.5. The highest BCUT2D eigenvalue weighted by molar-refractivity contribution is 5.89. The Labute approximate surface area is 129 Å². The highest BCUT2D eigenvalue weighted by Gasteiger charge is 2.18. The first-order valence-electron chi connectivity index (χ1n) is 6.58. The lowest BCUT2D eigenvalue weighted by atomic mass is 9.93. The van der Waals surface area contributed by atoms with E-state index in [0.29, 0.717) is 22.6 Å². The van der Waals surface area contributed by atoms with E-state index >= 15 is 0 Å². The molecule has 0 atom stereocenters. The van der Waals surface area contributed by atoms with Gasteiger partial charge >= 0.3 is 0 Å². The van der Waals surface area contributed by atoms with E-state index in [-0.39, 0.29) is 5.57 Å². The molecule has 0 aliphatic carbocycles. The van der Waals surface area contributed by atoms with Crippen LogP contribution in [0, 0.1) is 22.7 Å². The molecule has 0 spiro atoms. The maximum absolute atomic E-state index is 9.31. The third kappa shape index (κ3) is 2.77. The van der Waals surface area contributed by atoms with Crippen LogP contribution in [0.2, 0.25) is 0 Å². The minimum Gasteiger partial charge on any atom is -0.493 e. The van der Waals surface area contributed by atoms with Gasteiger partial charge in [0.05, 0.1) is 14.2 Å². The zero-order valence-electron chi connectivity index (χ0n) is 12.3. The molecule has 0 unspecified atom stereocenters. The fourth-order valence-corrected chi connectivity index (χ4v) is 2.26. The lowest BCUT2D eigenvalue weighted by Crippen LogP contribution is -1.99. The number of benzene rings is 2. The molecule has 0 saturated carbocycles. The molecular weight excluding hydrogens is 276 g/mol. The first kappa shape index (κ1) is 15.2. The lowest BCUT2D eigenvalue weighted by Gasteiger charge is -2.15. The summed E-state index contributed by atoms with van der Waals surface area (Å²) < 4.78 is 10.7. The van der Waals surface area contributed by atoms with Crippen molar-refractivity contribution in [3.63, 3.8) is 0 Å². The maximum Gasteiger partial charge on any atom is 0.168 e. The van der Waals surface area contributed by atoms with Crippen LogP contribution in [0.3, 0.4) is 0 Å². The normalized spacial score (nSPS) is 9.27. The van der Waals surface area contributed by atoms with Crippen molar-refractivity contribution in [2.24, 2.45) is 0 Å². The van der Waals surface area contributed by atoms with Crippen molar-refractivity contribution in [2.45, 2.75) is 0 Å². The van der Waals surface area contributed by atoms with Crippen molar-refractivity contribution in [3.05, 3.63) is 65.2 Å². The molecule has 0 fully saturated rings. The van der Waals surface area contributed by atoms with Crippen LogP contribution in [-0.4, -0.2) is 14.2 Å². The molecule has 0 amide bonds. The standard InChI is InChI=1S/C18H14N2O2/c1-21-16-10-6-9-15(18(16)22-2)17(14(11-19)12-20)13-7-4-3-5-8-13/h3-10H,1-2H3. The van der Waals surface area contributed by atoms with Crippen LogP contribution >= 0.6 is 0 Å². The Morgan fingerprint density at radius 3 is 2.09 bits per heavy atom. The molecule has 0 aliphatic rings. The number of para-hydroxylation sites is 1. The molecule has 0 saturated heterocycles. The number of methoxy groups -OCH3 is 2. The second-order valence-electron chi connectivity index (χ2n) is 4.38. The summed E-state index contributed by atoms with van der Waals surface area (Å²) in [5.74, 6) is 1.04. The van der Waals surface area contributed by atoms with Crippen molar-refractivity contribution < 1.29 is 9.47 Å². The van der Waals surface area contributed by atoms with E-state index in [2.05, 4.69) is 0 Å². The quantitative estimate of drug-likeness (QED) is 0.808. The van der Waals surface area contributed by atoms with Gasteiger partial charge in [0, 0.05) is 11.1 Å². The van der Waals surface area contributed by atoms with Crippen LogP contribution in [0.1, 0.15) is 11.1 Å². The Morgan fingerprint density at radius 2 is 1.55 bits per heavy atom. The number of hydrogen-bond donors (Lipinski definition) is 0. The summed E-state index contributed by atoms with van der Waals surface area (Å²) in [5.41, 5.74) is 1.97. The number of rotatable bonds is 4. The average Bonchev–Trinajstić information content (AvgIpc) is 2.59. The second-order valence-corrected chi connectivity index (χ2v) is 4.38. The summed E-state index contributed by atoms with van der Waals surface area (Å²) in [7, 11) is 3.07. The van der Waals surface area contributed by atoms with E-state index in [1.807, 2.05) is 42.5 Å². The molecule has 4 nitrogen and oxygen atoms in total. The highest BCUT2D eigenvalue weighted by Crippen LogP contribution is 2.39. The molecule has 0 radical (unpaired) electrons. The van der Waals surface area contributed by atoms with Gasteiger partial charge < -0.3 is 9.47 Å². The van der Waals surface area contributed by atoms with E-state index in [4.69, 9.17) is 9.47 Å². The van der Waals surface area contributed by atoms with Crippen LogP contribution in [0.15, 0.2) is 54.1 Å². The number of nitrogens with zero attached hydrogens (tertiary/aromatic N) is 2. The van der Waals surface area contributed by atoms with E-state index in [9.17, 15) is 10.5 Å². The third-order valence-electron chi connectivity index (χ3n) is 3.21. The number of nitriles is 2. The predicted octanol–water partition coefficient (Wildman–Crippen LogP) is 3.55. The van der Waals surface area contributed by atoms with Crippen LogP contribution in [0.5, 0.6) is 11.5 Å². The Balaban J connectivity index is 2.82. The van der Waals surface area contributed by atoms with Crippen molar-refractivity contribution >= 4 is 5.57 Å². The first-order chi connectivity index (χ1) is 10.8. The monoisotopic (exact) mass is 290 g/mol. The molecule has 2 rings (SSSR count). The van der Waals surface area contributed by atoms with E-state index < -0.39 is 0 Å². The Kier molecular flexibility index (Phi) is 4.80. The molecule has 22 heavy (non-hydrogen) atoms. The largest absolute Gasteiger partial charge is 0.493 e. The molecule has 108 valence electrons. The smallest absolute Gasteiger partial charge is 0.168 e. The van der Waals surface area contributed by atoms with Crippen LogP contribution in [0.25, 0.3) is 5.57 Å². The molecular formula is C18H14N2O2. The summed E-state index contributed by atoms with van der Waals surface area (Å²) in [6, 6.07) is 18.6. The molecule has 0 bridgehead atoms. The fraction of sp³-hybridized carbons (Fsp3) is 0.111. The zero-order chi connectivity index (χ0) is 15.9. The van der Waals surface area contributed by atoms with Gasteiger partial charge in [-0.15, -0.1) is 0 Å². The molecule has 0 aromatic heterocycles. The Hall–Kier alpha value is -3.24. The summed E-state index contributed by atoms with van der Waals surface area (Å²) in [5, 5.41) is 18.6. The van der Waals surface area contributed by atoms with Crippen LogP contribution in [0.4, 0.5) is 0 Å². The molecule has 4 heteroatoms. The van der Waals surface area contributed by atoms with Crippen LogP contribution in [-0.2, 0) is 0 Å². The number of allylic oxidation sites excluding steroid dienone is 1. The van der Waals surface area contributed by atoms with Gasteiger partial charge in [-0.25, -0.2) is 0 Å². The van der Waals surface area contributed by atoms with Crippen LogP contribution < -0.4 is 9.47 Å². The zero-order valence-corrected chi connectivity index (χ0v) is 12.3. The van der Waals surface area contributed by atoms with Gasteiger partial charge in [0.15, 0.2) is 11.5 Å². The fourth-order valence-electron chi connectivity index (χ4n) is 2.26. The molecule has 2 aromatic rings. The van der Waals surface area contributed by atoms with E-state index in [0.717, 1.165) is 5.56 Å². The van der Waals surface area contributed by atoms with Gasteiger partial charge in [0.1, 0.15) is 17.7 Å². The maximum atomic E-state index is 9.31. The second kappa shape index (κ2) is 6.97.